The maximum absolute atomic E-state index is 9.00. The van der Waals surface area contributed by atoms with E-state index in [0.29, 0.717) is 12.1 Å². The standard InChI is InChI=1S/C11H16N4O/c1-9(16)7-13-4-5-14-11-3-2-10(6-12)8-15-11/h2-3,8-9,13,16H,4-5,7H2,1H3,(H,14,15). The zero-order valence-corrected chi connectivity index (χ0v) is 9.27. The molecule has 0 spiro atoms. The maximum Gasteiger partial charge on any atom is 0.126 e. The molecule has 0 radical (unpaired) electrons. The fourth-order valence-electron chi connectivity index (χ4n) is 1.15. The van der Waals surface area contributed by atoms with Gasteiger partial charge in [-0.15, -0.1) is 0 Å². The molecular formula is C11H16N4O. The van der Waals surface area contributed by atoms with Gasteiger partial charge < -0.3 is 15.7 Å². The third kappa shape index (κ3) is 4.73. The first-order chi connectivity index (χ1) is 7.72. The molecule has 0 aliphatic rings. The monoisotopic (exact) mass is 220 g/mol. The van der Waals surface area contributed by atoms with E-state index in [4.69, 9.17) is 10.4 Å². The van der Waals surface area contributed by atoms with Crippen LogP contribution in [0.5, 0.6) is 0 Å². The zero-order chi connectivity index (χ0) is 11.8. The van der Waals surface area contributed by atoms with E-state index in [1.807, 2.05) is 6.07 Å². The van der Waals surface area contributed by atoms with Crippen LogP contribution in [-0.4, -0.2) is 35.8 Å². The van der Waals surface area contributed by atoms with Gasteiger partial charge in [0.2, 0.25) is 0 Å². The second kappa shape index (κ2) is 6.77. The Bertz CT molecular complexity index is 342. The number of nitriles is 1. The van der Waals surface area contributed by atoms with Crippen LogP contribution >= 0.6 is 0 Å². The van der Waals surface area contributed by atoms with E-state index < -0.39 is 0 Å². The average Bonchev–Trinajstić information content (AvgIpc) is 2.29. The smallest absolute Gasteiger partial charge is 0.126 e. The van der Waals surface area contributed by atoms with E-state index >= 15 is 0 Å². The molecular weight excluding hydrogens is 204 g/mol. The van der Waals surface area contributed by atoms with Crippen molar-refractivity contribution in [3.05, 3.63) is 23.9 Å². The van der Waals surface area contributed by atoms with Crippen LogP contribution < -0.4 is 10.6 Å². The summed E-state index contributed by atoms with van der Waals surface area (Å²) in [5.74, 6) is 0.748. The van der Waals surface area contributed by atoms with Gasteiger partial charge in [0.25, 0.3) is 0 Å². The van der Waals surface area contributed by atoms with Gasteiger partial charge in [-0.05, 0) is 19.1 Å². The Balaban J connectivity index is 2.20. The highest BCUT2D eigenvalue weighted by atomic mass is 16.3. The van der Waals surface area contributed by atoms with Gasteiger partial charge in [-0.25, -0.2) is 4.98 Å². The van der Waals surface area contributed by atoms with E-state index in [0.717, 1.165) is 18.9 Å². The molecule has 1 unspecified atom stereocenters. The van der Waals surface area contributed by atoms with Crippen molar-refractivity contribution in [3.8, 4) is 6.07 Å². The van der Waals surface area contributed by atoms with Gasteiger partial charge in [-0.2, -0.15) is 5.26 Å². The van der Waals surface area contributed by atoms with Crippen LogP contribution in [0.4, 0.5) is 5.82 Å². The Morgan fingerprint density at radius 1 is 1.50 bits per heavy atom. The number of hydrogen-bond donors (Lipinski definition) is 3. The number of aromatic nitrogens is 1. The van der Waals surface area contributed by atoms with Crippen molar-refractivity contribution in [2.45, 2.75) is 13.0 Å². The minimum atomic E-state index is -0.326. The van der Waals surface area contributed by atoms with Crippen molar-refractivity contribution in [2.24, 2.45) is 0 Å². The minimum Gasteiger partial charge on any atom is -0.392 e. The Morgan fingerprint density at radius 2 is 2.31 bits per heavy atom. The first-order valence-corrected chi connectivity index (χ1v) is 5.21. The summed E-state index contributed by atoms with van der Waals surface area (Å²) < 4.78 is 0. The molecule has 0 saturated heterocycles. The number of aliphatic hydroxyl groups excluding tert-OH is 1. The lowest BCUT2D eigenvalue weighted by Crippen LogP contribution is -2.29. The highest BCUT2D eigenvalue weighted by Gasteiger charge is 1.95. The lowest BCUT2D eigenvalue weighted by atomic mass is 10.3. The number of nitrogens with zero attached hydrogens (tertiary/aromatic N) is 2. The summed E-state index contributed by atoms with van der Waals surface area (Å²) in [4.78, 5) is 4.07. The first-order valence-electron chi connectivity index (χ1n) is 5.21. The van der Waals surface area contributed by atoms with E-state index in [2.05, 4.69) is 15.6 Å². The summed E-state index contributed by atoms with van der Waals surface area (Å²) in [5, 5.41) is 23.8. The van der Waals surface area contributed by atoms with Crippen LogP contribution in [0.2, 0.25) is 0 Å². The number of pyridine rings is 1. The molecule has 3 N–H and O–H groups in total. The van der Waals surface area contributed by atoms with Gasteiger partial charge in [0.15, 0.2) is 0 Å². The molecule has 1 aromatic rings. The summed E-state index contributed by atoms with van der Waals surface area (Å²) >= 11 is 0. The quantitative estimate of drug-likeness (QED) is 0.602. The fourth-order valence-corrected chi connectivity index (χ4v) is 1.15. The molecule has 0 aliphatic carbocycles. The van der Waals surface area contributed by atoms with Crippen LogP contribution in [0, 0.1) is 11.3 Å². The molecule has 5 heteroatoms. The Kier molecular flexibility index (Phi) is 5.26. The van der Waals surface area contributed by atoms with Gasteiger partial charge in [0, 0.05) is 25.8 Å². The number of rotatable bonds is 6. The minimum absolute atomic E-state index is 0.326. The third-order valence-electron chi connectivity index (χ3n) is 1.94. The van der Waals surface area contributed by atoms with Crippen LogP contribution in [0.1, 0.15) is 12.5 Å². The molecule has 5 nitrogen and oxygen atoms in total. The highest BCUT2D eigenvalue weighted by Crippen LogP contribution is 2.02. The van der Waals surface area contributed by atoms with Crippen molar-refractivity contribution in [3.63, 3.8) is 0 Å². The van der Waals surface area contributed by atoms with Gasteiger partial charge in [0.1, 0.15) is 11.9 Å². The van der Waals surface area contributed by atoms with Gasteiger partial charge >= 0.3 is 0 Å². The normalized spacial score (nSPS) is 11.8. The lowest BCUT2D eigenvalue weighted by molar-refractivity contribution is 0.192. The van der Waals surface area contributed by atoms with Crippen molar-refractivity contribution in [1.29, 1.82) is 5.26 Å². The molecule has 86 valence electrons. The average molecular weight is 220 g/mol. The van der Waals surface area contributed by atoms with Crippen LogP contribution in [0.3, 0.4) is 0 Å². The molecule has 1 aromatic heterocycles. The molecule has 0 saturated carbocycles. The summed E-state index contributed by atoms with van der Waals surface area (Å²) in [5.41, 5.74) is 0.554. The molecule has 0 aromatic carbocycles. The third-order valence-corrected chi connectivity index (χ3v) is 1.94. The maximum atomic E-state index is 9.00. The highest BCUT2D eigenvalue weighted by molar-refractivity contribution is 5.38. The Hall–Kier alpha value is -1.64. The summed E-state index contributed by atoms with van der Waals surface area (Å²) in [6.45, 7) is 3.81. The van der Waals surface area contributed by atoms with Gasteiger partial charge in [0.05, 0.1) is 11.7 Å². The SMILES string of the molecule is CC(O)CNCCNc1ccc(C#N)cn1. The molecule has 1 rings (SSSR count). The number of hydrogen-bond acceptors (Lipinski definition) is 5. The second-order valence-corrected chi connectivity index (χ2v) is 3.52. The van der Waals surface area contributed by atoms with Crippen molar-refractivity contribution in [1.82, 2.24) is 10.3 Å². The topological polar surface area (TPSA) is 81.0 Å². The summed E-state index contributed by atoms with van der Waals surface area (Å²) in [6.07, 6.45) is 1.21. The van der Waals surface area contributed by atoms with E-state index in [9.17, 15) is 0 Å². The summed E-state index contributed by atoms with van der Waals surface area (Å²) in [6, 6.07) is 5.50. The summed E-state index contributed by atoms with van der Waals surface area (Å²) in [7, 11) is 0. The van der Waals surface area contributed by atoms with E-state index in [1.165, 1.54) is 6.20 Å². The Morgan fingerprint density at radius 3 is 2.88 bits per heavy atom. The van der Waals surface area contributed by atoms with Crippen LogP contribution in [0.25, 0.3) is 0 Å². The predicted molar refractivity (Wildman–Crippen MR) is 62.0 cm³/mol. The van der Waals surface area contributed by atoms with Crippen LogP contribution in [0.15, 0.2) is 18.3 Å². The molecule has 16 heavy (non-hydrogen) atoms. The number of anilines is 1. The van der Waals surface area contributed by atoms with Gasteiger partial charge in [-0.1, -0.05) is 0 Å². The molecule has 0 aliphatic heterocycles. The lowest BCUT2D eigenvalue weighted by Gasteiger charge is -2.08. The fraction of sp³-hybridized carbons (Fsp3) is 0.455. The largest absolute Gasteiger partial charge is 0.392 e. The zero-order valence-electron chi connectivity index (χ0n) is 9.27. The predicted octanol–water partition coefficient (Wildman–Crippen LogP) is 0.336. The van der Waals surface area contributed by atoms with Crippen molar-refractivity contribution >= 4 is 5.82 Å². The molecule has 1 atom stereocenters. The second-order valence-electron chi connectivity index (χ2n) is 3.52. The van der Waals surface area contributed by atoms with Crippen molar-refractivity contribution < 1.29 is 5.11 Å². The van der Waals surface area contributed by atoms with Gasteiger partial charge in [-0.3, -0.25) is 0 Å². The molecule has 0 fully saturated rings. The number of aliphatic hydroxyl groups is 1. The van der Waals surface area contributed by atoms with E-state index in [1.54, 1.807) is 19.1 Å². The molecule has 1 heterocycles. The molecule has 0 amide bonds. The number of nitrogens with one attached hydrogen (secondary N) is 2. The Labute approximate surface area is 95.1 Å². The first kappa shape index (κ1) is 12.4. The molecule has 0 bridgehead atoms. The van der Waals surface area contributed by atoms with E-state index in [-0.39, 0.29) is 6.10 Å². The van der Waals surface area contributed by atoms with Crippen molar-refractivity contribution in [2.75, 3.05) is 25.0 Å². The van der Waals surface area contributed by atoms with Crippen LogP contribution in [-0.2, 0) is 0 Å².